The van der Waals surface area contributed by atoms with Crippen LogP contribution in [0.25, 0.3) is 0 Å². The molecule has 10 heteroatoms. The van der Waals surface area contributed by atoms with Crippen LogP contribution in [0.1, 0.15) is 11.5 Å². The molecule has 0 saturated carbocycles. The molecule has 1 aliphatic rings. The van der Waals surface area contributed by atoms with E-state index in [9.17, 15) is 17.6 Å². The zero-order chi connectivity index (χ0) is 22.0. The summed E-state index contributed by atoms with van der Waals surface area (Å²) in [6, 6.07) is 13.8. The lowest BCUT2D eigenvalue weighted by Gasteiger charge is -2.19. The minimum absolute atomic E-state index is 0.0326. The van der Waals surface area contributed by atoms with Gasteiger partial charge in [-0.2, -0.15) is 4.31 Å². The van der Waals surface area contributed by atoms with Crippen LogP contribution in [0.3, 0.4) is 0 Å². The van der Waals surface area contributed by atoms with Gasteiger partial charge < -0.3 is 14.6 Å². The van der Waals surface area contributed by atoms with Gasteiger partial charge in [0.2, 0.25) is 0 Å². The summed E-state index contributed by atoms with van der Waals surface area (Å²) in [5, 5.41) is 2.69. The second kappa shape index (κ2) is 8.48. The van der Waals surface area contributed by atoms with Gasteiger partial charge in [0.1, 0.15) is 11.6 Å². The van der Waals surface area contributed by atoms with Gasteiger partial charge in [0.05, 0.1) is 12.4 Å². The van der Waals surface area contributed by atoms with Crippen molar-refractivity contribution in [2.75, 3.05) is 13.1 Å². The molecule has 1 amide bonds. The Morgan fingerprint density at radius 2 is 1.84 bits per heavy atom. The van der Waals surface area contributed by atoms with Gasteiger partial charge in [-0.15, -0.1) is 0 Å². The van der Waals surface area contributed by atoms with Crippen LogP contribution in [-0.4, -0.2) is 47.5 Å². The first kappa shape index (κ1) is 21.0. The summed E-state index contributed by atoms with van der Waals surface area (Å²) < 4.78 is 47.6. The molecule has 1 saturated heterocycles. The summed E-state index contributed by atoms with van der Waals surface area (Å²) in [5.74, 6) is -0.413. The molecule has 3 aromatic rings. The molecule has 1 aromatic heterocycles. The Kier molecular flexibility index (Phi) is 5.75. The molecule has 162 valence electrons. The number of aromatic nitrogens is 2. The molecule has 2 heterocycles. The highest BCUT2D eigenvalue weighted by atomic mass is 32.2. The Labute approximate surface area is 179 Å². The molecule has 0 radical (unpaired) electrons. The highest BCUT2D eigenvalue weighted by molar-refractivity contribution is 7.89. The van der Waals surface area contributed by atoms with Gasteiger partial charge in [-0.05, 0) is 29.8 Å². The number of carbonyl (C=O) groups excluding carboxylic acids is 1. The van der Waals surface area contributed by atoms with E-state index in [4.69, 9.17) is 4.74 Å². The average Bonchev–Trinajstić information content (AvgIpc) is 3.37. The van der Waals surface area contributed by atoms with Crippen LogP contribution >= 0.6 is 0 Å². The summed E-state index contributed by atoms with van der Waals surface area (Å²) in [7, 11) is -2.18. The molecule has 1 aliphatic heterocycles. The summed E-state index contributed by atoms with van der Waals surface area (Å²) in [4.78, 5) is 16.4. The molecule has 0 unspecified atom stereocenters. The minimum Gasteiger partial charge on any atom is -0.410 e. The molecule has 0 spiro atoms. The van der Waals surface area contributed by atoms with Gasteiger partial charge in [0.15, 0.2) is 5.03 Å². The number of amides is 1. The minimum atomic E-state index is -3.86. The quantitative estimate of drug-likeness (QED) is 0.653. The maximum absolute atomic E-state index is 13.4. The lowest BCUT2D eigenvalue weighted by molar-refractivity contribution is 0.195. The van der Waals surface area contributed by atoms with E-state index in [1.165, 1.54) is 29.0 Å². The first-order valence-corrected chi connectivity index (χ1v) is 11.0. The Morgan fingerprint density at radius 3 is 2.48 bits per heavy atom. The zero-order valence-electron chi connectivity index (χ0n) is 16.7. The number of para-hydroxylation sites is 1. The van der Waals surface area contributed by atoms with Crippen LogP contribution in [0, 0.1) is 5.82 Å². The third-order valence-corrected chi connectivity index (χ3v) is 6.84. The Hall–Kier alpha value is -3.24. The fraction of sp³-hybridized carbons (Fsp3) is 0.238. The predicted molar refractivity (Wildman–Crippen MR) is 110 cm³/mol. The summed E-state index contributed by atoms with van der Waals surface area (Å²) >= 11 is 0. The van der Waals surface area contributed by atoms with Gasteiger partial charge >= 0.3 is 6.09 Å². The highest BCUT2D eigenvalue weighted by Gasteiger charge is 2.41. The van der Waals surface area contributed by atoms with Gasteiger partial charge in [-0.25, -0.2) is 22.6 Å². The van der Waals surface area contributed by atoms with Crippen molar-refractivity contribution >= 4 is 16.1 Å². The topological polar surface area (TPSA) is 93.5 Å². The number of nitrogens with one attached hydrogen (secondary N) is 1. The molecule has 0 bridgehead atoms. The fourth-order valence-electron chi connectivity index (χ4n) is 3.59. The third-order valence-electron chi connectivity index (χ3n) is 5.13. The number of benzene rings is 2. The SMILES string of the molecule is Cn1cnc(S(=O)(=O)N2C[C@H](NC(=O)Oc3ccccc3)[C@@H](c3ccc(F)cc3)C2)c1. The highest BCUT2D eigenvalue weighted by Crippen LogP contribution is 2.31. The number of rotatable bonds is 5. The summed E-state index contributed by atoms with van der Waals surface area (Å²) in [6.07, 6.45) is 2.14. The first-order chi connectivity index (χ1) is 14.8. The van der Waals surface area contributed by atoms with Crippen LogP contribution in [-0.2, 0) is 17.1 Å². The molecule has 1 N–H and O–H groups in total. The van der Waals surface area contributed by atoms with Crippen molar-refractivity contribution in [3.63, 3.8) is 0 Å². The van der Waals surface area contributed by atoms with E-state index >= 15 is 0 Å². The lowest BCUT2D eigenvalue weighted by atomic mass is 9.94. The van der Waals surface area contributed by atoms with E-state index in [-0.39, 0.29) is 24.0 Å². The van der Waals surface area contributed by atoms with Gasteiger partial charge in [-0.3, -0.25) is 0 Å². The van der Waals surface area contributed by atoms with E-state index in [0.29, 0.717) is 11.3 Å². The number of carbonyl (C=O) groups is 1. The Balaban J connectivity index is 1.57. The van der Waals surface area contributed by atoms with E-state index in [0.717, 1.165) is 0 Å². The van der Waals surface area contributed by atoms with Crippen molar-refractivity contribution in [1.29, 1.82) is 0 Å². The second-order valence-corrected chi connectivity index (χ2v) is 9.20. The van der Waals surface area contributed by atoms with Crippen molar-refractivity contribution in [3.05, 3.63) is 78.5 Å². The summed E-state index contributed by atoms with van der Waals surface area (Å²) in [5.41, 5.74) is 0.713. The van der Waals surface area contributed by atoms with Crippen LogP contribution in [0.4, 0.5) is 9.18 Å². The smallest absolute Gasteiger partial charge is 0.410 e. The lowest BCUT2D eigenvalue weighted by Crippen LogP contribution is -2.41. The van der Waals surface area contributed by atoms with Crippen LogP contribution < -0.4 is 10.1 Å². The van der Waals surface area contributed by atoms with Gasteiger partial charge in [0, 0.05) is 32.3 Å². The molecule has 0 aliphatic carbocycles. The molecular weight excluding hydrogens is 423 g/mol. The largest absolute Gasteiger partial charge is 0.412 e. The van der Waals surface area contributed by atoms with E-state index in [2.05, 4.69) is 10.3 Å². The van der Waals surface area contributed by atoms with Crippen molar-refractivity contribution in [1.82, 2.24) is 19.2 Å². The molecule has 4 rings (SSSR count). The van der Waals surface area contributed by atoms with Crippen molar-refractivity contribution < 1.29 is 22.3 Å². The number of halogens is 1. The van der Waals surface area contributed by atoms with E-state index in [1.807, 2.05) is 0 Å². The number of sulfonamides is 1. The molecule has 8 nitrogen and oxygen atoms in total. The normalized spacial score (nSPS) is 19.3. The molecule has 2 atom stereocenters. The van der Waals surface area contributed by atoms with Crippen LogP contribution in [0.2, 0.25) is 0 Å². The maximum atomic E-state index is 13.4. The average molecular weight is 444 g/mol. The molecular formula is C21H21FN4O4S. The molecule has 2 aromatic carbocycles. The summed E-state index contributed by atoms with van der Waals surface area (Å²) in [6.45, 7) is 0.145. The maximum Gasteiger partial charge on any atom is 0.412 e. The van der Waals surface area contributed by atoms with E-state index < -0.39 is 28.0 Å². The monoisotopic (exact) mass is 444 g/mol. The number of aryl methyl sites for hydroxylation is 1. The Bertz CT molecular complexity index is 1170. The van der Waals surface area contributed by atoms with Crippen molar-refractivity contribution in [2.45, 2.75) is 17.0 Å². The third kappa shape index (κ3) is 4.59. The second-order valence-electron chi connectivity index (χ2n) is 7.31. The molecule has 31 heavy (non-hydrogen) atoms. The number of hydrogen-bond acceptors (Lipinski definition) is 5. The number of imidazole rings is 1. The van der Waals surface area contributed by atoms with Gasteiger partial charge in [0.25, 0.3) is 10.0 Å². The van der Waals surface area contributed by atoms with Crippen LogP contribution in [0.5, 0.6) is 5.75 Å². The van der Waals surface area contributed by atoms with Crippen molar-refractivity contribution in [3.8, 4) is 5.75 Å². The number of hydrogen-bond donors (Lipinski definition) is 1. The predicted octanol–water partition coefficient (Wildman–Crippen LogP) is 2.50. The van der Waals surface area contributed by atoms with Crippen molar-refractivity contribution in [2.24, 2.45) is 7.05 Å². The fourth-order valence-corrected chi connectivity index (χ4v) is 5.05. The standard InChI is InChI=1S/C21H21FN4O4S/c1-25-13-20(23-14-25)31(28,29)26-11-18(15-7-9-16(22)10-8-15)19(12-26)24-21(27)30-17-5-3-2-4-6-17/h2-10,13-14,18-19H,11-12H2,1H3,(H,24,27)/t18-,19+/m1/s1. The zero-order valence-corrected chi connectivity index (χ0v) is 17.5. The van der Waals surface area contributed by atoms with Gasteiger partial charge in [-0.1, -0.05) is 30.3 Å². The van der Waals surface area contributed by atoms with Crippen LogP contribution in [0.15, 0.2) is 72.1 Å². The number of ether oxygens (including phenoxy) is 1. The molecule has 1 fully saturated rings. The Morgan fingerprint density at radius 1 is 1.13 bits per heavy atom. The van der Waals surface area contributed by atoms with E-state index in [1.54, 1.807) is 54.1 Å². The number of nitrogens with zero attached hydrogens (tertiary/aromatic N) is 3. The first-order valence-electron chi connectivity index (χ1n) is 9.60.